The molecule has 2 N–H and O–H groups in total. The first-order valence-electron chi connectivity index (χ1n) is 10.5. The highest BCUT2D eigenvalue weighted by Crippen LogP contribution is 2.22. The normalized spacial score (nSPS) is 12.5. The zero-order valence-electron chi connectivity index (χ0n) is 18.9. The lowest BCUT2D eigenvalue weighted by atomic mass is 10.2. The molecule has 1 atom stereocenters. The summed E-state index contributed by atoms with van der Waals surface area (Å²) in [5.74, 6) is -0.725. The van der Waals surface area contributed by atoms with Gasteiger partial charge >= 0.3 is 5.97 Å². The SMILES string of the molecule is COCC(=O)OCSC(=NC(C)NC(=O)/C=C/c1ccccc1)Nc1cccc2cccnc12. The fraction of sp³-hybridized carbons (Fsp3) is 0.200. The van der Waals surface area contributed by atoms with Crippen molar-refractivity contribution in [2.24, 2.45) is 4.99 Å². The molecule has 0 aliphatic heterocycles. The minimum atomic E-state index is -0.541. The van der Waals surface area contributed by atoms with Crippen molar-refractivity contribution in [3.8, 4) is 0 Å². The summed E-state index contributed by atoms with van der Waals surface area (Å²) < 4.78 is 9.93. The summed E-state index contributed by atoms with van der Waals surface area (Å²) in [7, 11) is 1.42. The molecule has 0 saturated heterocycles. The van der Waals surface area contributed by atoms with Gasteiger partial charge in [-0.1, -0.05) is 48.5 Å². The van der Waals surface area contributed by atoms with Crippen LogP contribution in [-0.2, 0) is 19.1 Å². The first-order valence-corrected chi connectivity index (χ1v) is 11.5. The number of aromatic nitrogens is 1. The highest BCUT2D eigenvalue weighted by Gasteiger charge is 2.11. The van der Waals surface area contributed by atoms with Gasteiger partial charge in [0.05, 0.1) is 11.2 Å². The zero-order valence-corrected chi connectivity index (χ0v) is 19.7. The molecule has 1 amide bonds. The van der Waals surface area contributed by atoms with E-state index in [1.807, 2.05) is 60.7 Å². The average molecular weight is 479 g/mol. The monoisotopic (exact) mass is 478 g/mol. The molecule has 3 aromatic rings. The lowest BCUT2D eigenvalue weighted by Gasteiger charge is -2.15. The second-order valence-corrected chi connectivity index (χ2v) is 7.99. The van der Waals surface area contributed by atoms with Gasteiger partial charge in [0, 0.05) is 24.8 Å². The third kappa shape index (κ3) is 8.02. The van der Waals surface area contributed by atoms with Gasteiger partial charge in [0.2, 0.25) is 5.91 Å². The Morgan fingerprint density at radius 3 is 2.71 bits per heavy atom. The van der Waals surface area contributed by atoms with Gasteiger partial charge in [-0.05, 0) is 42.5 Å². The molecule has 3 rings (SSSR count). The van der Waals surface area contributed by atoms with Crippen molar-refractivity contribution in [2.75, 3.05) is 25.0 Å². The number of hydrogen-bond acceptors (Lipinski definition) is 7. The second kappa shape index (κ2) is 13.1. The number of ether oxygens (including phenoxy) is 2. The van der Waals surface area contributed by atoms with Crippen molar-refractivity contribution in [1.82, 2.24) is 10.3 Å². The van der Waals surface area contributed by atoms with Crippen molar-refractivity contribution in [1.29, 1.82) is 0 Å². The van der Waals surface area contributed by atoms with Gasteiger partial charge in [-0.25, -0.2) is 9.79 Å². The summed E-state index contributed by atoms with van der Waals surface area (Å²) in [5.41, 5.74) is 2.44. The van der Waals surface area contributed by atoms with E-state index in [2.05, 4.69) is 20.6 Å². The number of amidine groups is 1. The third-order valence-electron chi connectivity index (χ3n) is 4.44. The minimum Gasteiger partial charge on any atom is -0.452 e. The van der Waals surface area contributed by atoms with Crippen LogP contribution in [0.5, 0.6) is 0 Å². The maximum absolute atomic E-state index is 12.3. The molecule has 9 heteroatoms. The first kappa shape index (κ1) is 24.9. The number of amides is 1. The lowest BCUT2D eigenvalue weighted by Crippen LogP contribution is -2.31. The van der Waals surface area contributed by atoms with E-state index in [9.17, 15) is 9.59 Å². The number of nitrogens with zero attached hydrogens (tertiary/aromatic N) is 2. The summed E-state index contributed by atoms with van der Waals surface area (Å²) in [6.45, 7) is 1.63. The smallest absolute Gasteiger partial charge is 0.332 e. The fourth-order valence-corrected chi connectivity index (χ4v) is 3.65. The number of aliphatic imine (C=N–C) groups is 1. The fourth-order valence-electron chi connectivity index (χ4n) is 2.93. The van der Waals surface area contributed by atoms with E-state index in [0.29, 0.717) is 5.17 Å². The quantitative estimate of drug-likeness (QED) is 0.157. The van der Waals surface area contributed by atoms with Crippen LogP contribution in [0.25, 0.3) is 17.0 Å². The van der Waals surface area contributed by atoms with Crippen molar-refractivity contribution in [3.63, 3.8) is 0 Å². The first-order chi connectivity index (χ1) is 16.5. The molecule has 0 saturated carbocycles. The average Bonchev–Trinajstić information content (AvgIpc) is 2.83. The van der Waals surface area contributed by atoms with Gasteiger partial charge in [-0.15, -0.1) is 0 Å². The molecule has 0 aliphatic carbocycles. The molecule has 0 bridgehead atoms. The number of pyridine rings is 1. The van der Waals surface area contributed by atoms with E-state index in [-0.39, 0.29) is 18.5 Å². The van der Waals surface area contributed by atoms with E-state index in [1.54, 1.807) is 19.2 Å². The molecule has 0 aliphatic rings. The second-order valence-electron chi connectivity index (χ2n) is 7.08. The maximum Gasteiger partial charge on any atom is 0.332 e. The van der Waals surface area contributed by atoms with Crippen LogP contribution in [0, 0.1) is 0 Å². The molecule has 0 radical (unpaired) electrons. The number of carbonyl (C=O) groups is 2. The van der Waals surface area contributed by atoms with Gasteiger partial charge in [0.25, 0.3) is 0 Å². The van der Waals surface area contributed by atoms with Crippen LogP contribution >= 0.6 is 11.8 Å². The Hall–Kier alpha value is -3.69. The summed E-state index contributed by atoms with van der Waals surface area (Å²) in [5, 5.41) is 7.49. The van der Waals surface area contributed by atoms with Crippen LogP contribution in [0.15, 0.2) is 77.9 Å². The Morgan fingerprint density at radius 1 is 1.12 bits per heavy atom. The van der Waals surface area contributed by atoms with Gasteiger partial charge in [-0.2, -0.15) is 0 Å². The van der Waals surface area contributed by atoms with Crippen LogP contribution in [0.2, 0.25) is 0 Å². The van der Waals surface area contributed by atoms with Crippen LogP contribution in [0.4, 0.5) is 5.69 Å². The number of methoxy groups -OCH3 is 1. The van der Waals surface area contributed by atoms with Crippen LogP contribution < -0.4 is 10.6 Å². The number of carbonyl (C=O) groups excluding carboxylic acids is 2. The number of rotatable bonds is 9. The number of esters is 1. The maximum atomic E-state index is 12.3. The molecule has 2 aromatic carbocycles. The van der Waals surface area contributed by atoms with Gasteiger partial charge in [0.1, 0.15) is 18.7 Å². The number of nitrogens with one attached hydrogen (secondary N) is 2. The summed E-state index contributed by atoms with van der Waals surface area (Å²) in [6.07, 6.45) is 4.37. The predicted molar refractivity (Wildman–Crippen MR) is 136 cm³/mol. The minimum absolute atomic E-state index is 0.0286. The molecular weight excluding hydrogens is 452 g/mol. The Balaban J connectivity index is 1.71. The van der Waals surface area contributed by atoms with Gasteiger partial charge < -0.3 is 20.1 Å². The Bertz CT molecular complexity index is 1160. The Kier molecular flexibility index (Phi) is 9.63. The van der Waals surface area contributed by atoms with Gasteiger partial charge in [0.15, 0.2) is 5.17 Å². The number of thioether (sulfide) groups is 1. The van der Waals surface area contributed by atoms with Crippen molar-refractivity contribution < 1.29 is 19.1 Å². The van der Waals surface area contributed by atoms with E-state index in [0.717, 1.165) is 22.2 Å². The highest BCUT2D eigenvalue weighted by molar-refractivity contribution is 8.14. The van der Waals surface area contributed by atoms with Crippen molar-refractivity contribution >= 4 is 51.5 Å². The van der Waals surface area contributed by atoms with E-state index < -0.39 is 12.1 Å². The molecule has 34 heavy (non-hydrogen) atoms. The van der Waals surface area contributed by atoms with Crippen LogP contribution in [0.3, 0.4) is 0 Å². The van der Waals surface area contributed by atoms with Crippen LogP contribution in [-0.4, -0.2) is 47.8 Å². The molecule has 1 aromatic heterocycles. The van der Waals surface area contributed by atoms with E-state index in [1.165, 1.54) is 24.9 Å². The summed E-state index contributed by atoms with van der Waals surface area (Å²) in [6, 6.07) is 19.1. The molecule has 1 unspecified atom stereocenters. The topological polar surface area (TPSA) is 102 Å². The standard InChI is InChI=1S/C25H26N4O4S/c1-18(27-22(30)14-13-19-8-4-3-5-9-19)28-25(34-17-33-23(31)16-32-2)29-21-12-6-10-20-11-7-15-26-24(20)21/h3-15,18H,16-17H2,1-2H3,(H,27,30)(H,28,29)/b14-13+. The molecule has 0 fully saturated rings. The molecule has 1 heterocycles. The van der Waals surface area contributed by atoms with Gasteiger partial charge in [-0.3, -0.25) is 9.78 Å². The van der Waals surface area contributed by atoms with E-state index in [4.69, 9.17) is 9.47 Å². The molecule has 0 spiro atoms. The Labute approximate surface area is 202 Å². The lowest BCUT2D eigenvalue weighted by molar-refractivity contribution is -0.145. The predicted octanol–water partition coefficient (Wildman–Crippen LogP) is 4.06. The van der Waals surface area contributed by atoms with E-state index >= 15 is 0 Å². The summed E-state index contributed by atoms with van der Waals surface area (Å²) in [4.78, 5) is 33.0. The van der Waals surface area contributed by atoms with Crippen LogP contribution in [0.1, 0.15) is 12.5 Å². The third-order valence-corrected chi connectivity index (χ3v) is 5.16. The molecule has 176 valence electrons. The molecule has 8 nitrogen and oxygen atoms in total. The number of benzene rings is 2. The zero-order chi connectivity index (χ0) is 24.2. The summed E-state index contributed by atoms with van der Waals surface area (Å²) >= 11 is 1.19. The van der Waals surface area contributed by atoms with Crippen molar-refractivity contribution in [2.45, 2.75) is 13.1 Å². The molecular formula is C25H26N4O4S. The van der Waals surface area contributed by atoms with Crippen molar-refractivity contribution in [3.05, 3.63) is 78.5 Å². The number of hydrogen-bond donors (Lipinski definition) is 2. The number of anilines is 1. The Morgan fingerprint density at radius 2 is 1.91 bits per heavy atom. The largest absolute Gasteiger partial charge is 0.452 e. The number of para-hydroxylation sites is 1. The highest BCUT2D eigenvalue weighted by atomic mass is 32.2. The number of fused-ring (bicyclic) bond motifs is 1.